The Morgan fingerprint density at radius 3 is 2.40 bits per heavy atom. The largest absolute Gasteiger partial charge is 0.497 e. The number of amides is 1. The Morgan fingerprint density at radius 2 is 1.80 bits per heavy atom. The van der Waals surface area contributed by atoms with Gasteiger partial charge in [-0.1, -0.05) is 23.2 Å². The quantitative estimate of drug-likeness (QED) is 0.847. The highest BCUT2D eigenvalue weighted by molar-refractivity contribution is 6.35. The number of hydrogen-bond acceptors (Lipinski definition) is 3. The Hall–Kier alpha value is -1.91. The van der Waals surface area contributed by atoms with Crippen LogP contribution in [0.1, 0.15) is 10.4 Å². The fraction of sp³-hybridized carbons (Fsp3) is 0.0714. The highest BCUT2D eigenvalue weighted by Crippen LogP contribution is 2.26. The first-order valence-corrected chi connectivity index (χ1v) is 6.46. The number of nitrogens with two attached hydrogens (primary N) is 1. The molecule has 0 atom stereocenters. The van der Waals surface area contributed by atoms with Crippen LogP contribution in [0.3, 0.4) is 0 Å². The van der Waals surface area contributed by atoms with E-state index in [0.717, 1.165) is 0 Å². The fourth-order valence-electron chi connectivity index (χ4n) is 1.65. The SMILES string of the molecule is COc1ccc(N)c(NC(=O)c2cc(Cl)cc(Cl)c2)c1. The average Bonchev–Trinajstić information content (AvgIpc) is 2.40. The summed E-state index contributed by atoms with van der Waals surface area (Å²) in [5, 5.41) is 3.47. The second-order valence-corrected chi connectivity index (χ2v) is 4.94. The lowest BCUT2D eigenvalue weighted by molar-refractivity contribution is 0.102. The number of benzene rings is 2. The van der Waals surface area contributed by atoms with E-state index in [2.05, 4.69) is 5.32 Å². The lowest BCUT2D eigenvalue weighted by Crippen LogP contribution is -2.13. The van der Waals surface area contributed by atoms with Gasteiger partial charge in [-0.3, -0.25) is 4.79 Å². The molecule has 2 aromatic rings. The van der Waals surface area contributed by atoms with Gasteiger partial charge in [0.1, 0.15) is 5.75 Å². The van der Waals surface area contributed by atoms with Gasteiger partial charge in [0.2, 0.25) is 0 Å². The number of ether oxygens (including phenoxy) is 1. The molecule has 20 heavy (non-hydrogen) atoms. The first-order valence-electron chi connectivity index (χ1n) is 5.70. The summed E-state index contributed by atoms with van der Waals surface area (Å²) < 4.78 is 5.09. The van der Waals surface area contributed by atoms with Gasteiger partial charge in [0.15, 0.2) is 0 Å². The summed E-state index contributed by atoms with van der Waals surface area (Å²) >= 11 is 11.7. The molecule has 0 heterocycles. The van der Waals surface area contributed by atoms with Crippen molar-refractivity contribution in [3.8, 4) is 5.75 Å². The molecule has 0 aliphatic heterocycles. The number of methoxy groups -OCH3 is 1. The van der Waals surface area contributed by atoms with Crippen LogP contribution in [0.15, 0.2) is 36.4 Å². The Labute approximate surface area is 126 Å². The number of nitrogen functional groups attached to an aromatic ring is 1. The van der Waals surface area contributed by atoms with Gasteiger partial charge in [0, 0.05) is 21.7 Å². The molecule has 2 rings (SSSR count). The predicted octanol–water partition coefficient (Wildman–Crippen LogP) is 3.84. The van der Waals surface area contributed by atoms with Crippen molar-refractivity contribution >= 4 is 40.5 Å². The molecule has 0 bridgehead atoms. The Morgan fingerprint density at radius 1 is 1.15 bits per heavy atom. The van der Waals surface area contributed by atoms with Crippen LogP contribution in [0.2, 0.25) is 10.0 Å². The third kappa shape index (κ3) is 3.35. The summed E-state index contributed by atoms with van der Waals surface area (Å²) in [6.07, 6.45) is 0. The lowest BCUT2D eigenvalue weighted by Gasteiger charge is -2.10. The number of carbonyl (C=O) groups excluding carboxylic acids is 1. The summed E-state index contributed by atoms with van der Waals surface area (Å²) in [7, 11) is 1.54. The summed E-state index contributed by atoms with van der Waals surface area (Å²) in [6.45, 7) is 0. The maximum absolute atomic E-state index is 12.1. The summed E-state index contributed by atoms with van der Waals surface area (Å²) in [6, 6.07) is 9.61. The van der Waals surface area contributed by atoms with Gasteiger partial charge in [-0.2, -0.15) is 0 Å². The van der Waals surface area contributed by atoms with Gasteiger partial charge >= 0.3 is 0 Å². The highest BCUT2D eigenvalue weighted by atomic mass is 35.5. The molecule has 0 unspecified atom stereocenters. The van der Waals surface area contributed by atoms with E-state index in [1.807, 2.05) is 0 Å². The fourth-order valence-corrected chi connectivity index (χ4v) is 2.18. The molecule has 0 fully saturated rings. The van der Waals surface area contributed by atoms with Crippen molar-refractivity contribution in [3.63, 3.8) is 0 Å². The van der Waals surface area contributed by atoms with Crippen LogP contribution in [0.4, 0.5) is 11.4 Å². The molecule has 2 aromatic carbocycles. The molecule has 104 valence electrons. The third-order valence-corrected chi connectivity index (χ3v) is 3.07. The van der Waals surface area contributed by atoms with Crippen LogP contribution in [0.25, 0.3) is 0 Å². The van der Waals surface area contributed by atoms with Crippen molar-refractivity contribution in [3.05, 3.63) is 52.0 Å². The zero-order valence-corrected chi connectivity index (χ0v) is 12.1. The molecule has 0 saturated carbocycles. The van der Waals surface area contributed by atoms with Gasteiger partial charge in [0.25, 0.3) is 5.91 Å². The zero-order chi connectivity index (χ0) is 14.7. The second-order valence-electron chi connectivity index (χ2n) is 4.07. The maximum Gasteiger partial charge on any atom is 0.255 e. The standard InChI is InChI=1S/C14H12Cl2N2O2/c1-20-11-2-3-12(17)13(7-11)18-14(19)8-4-9(15)6-10(16)5-8/h2-7H,17H2,1H3,(H,18,19). The topological polar surface area (TPSA) is 64.3 Å². The minimum atomic E-state index is -0.352. The molecule has 0 radical (unpaired) electrons. The normalized spacial score (nSPS) is 10.2. The van der Waals surface area contributed by atoms with E-state index < -0.39 is 0 Å². The molecule has 4 nitrogen and oxygen atoms in total. The third-order valence-electron chi connectivity index (χ3n) is 2.63. The number of carbonyl (C=O) groups is 1. The molecule has 3 N–H and O–H groups in total. The van der Waals surface area contributed by atoms with Gasteiger partial charge in [-0.15, -0.1) is 0 Å². The Balaban J connectivity index is 2.27. The smallest absolute Gasteiger partial charge is 0.255 e. The molecule has 0 aliphatic rings. The number of rotatable bonds is 3. The first-order chi connectivity index (χ1) is 9.49. The minimum Gasteiger partial charge on any atom is -0.497 e. The van der Waals surface area contributed by atoms with E-state index in [1.165, 1.54) is 19.2 Å². The van der Waals surface area contributed by atoms with Crippen LogP contribution in [0.5, 0.6) is 5.75 Å². The Bertz CT molecular complexity index is 639. The van der Waals surface area contributed by atoms with Gasteiger partial charge < -0.3 is 15.8 Å². The van der Waals surface area contributed by atoms with E-state index in [-0.39, 0.29) is 5.91 Å². The summed E-state index contributed by atoms with van der Waals surface area (Å²) in [4.78, 5) is 12.1. The summed E-state index contributed by atoms with van der Waals surface area (Å²) in [5.41, 5.74) is 7.06. The molecule has 0 spiro atoms. The average molecular weight is 311 g/mol. The maximum atomic E-state index is 12.1. The van der Waals surface area contributed by atoms with Crippen LogP contribution in [0, 0.1) is 0 Å². The van der Waals surface area contributed by atoms with Gasteiger partial charge in [-0.05, 0) is 30.3 Å². The molecule has 6 heteroatoms. The molecular weight excluding hydrogens is 299 g/mol. The Kier molecular flexibility index (Phi) is 4.37. The van der Waals surface area contributed by atoms with Crippen molar-refractivity contribution in [2.45, 2.75) is 0 Å². The van der Waals surface area contributed by atoms with E-state index >= 15 is 0 Å². The molecule has 0 saturated heterocycles. The molecule has 0 aromatic heterocycles. The number of hydrogen-bond donors (Lipinski definition) is 2. The zero-order valence-electron chi connectivity index (χ0n) is 10.6. The lowest BCUT2D eigenvalue weighted by atomic mass is 10.2. The molecule has 0 aliphatic carbocycles. The van der Waals surface area contributed by atoms with Crippen molar-refractivity contribution in [2.24, 2.45) is 0 Å². The predicted molar refractivity (Wildman–Crippen MR) is 81.8 cm³/mol. The highest BCUT2D eigenvalue weighted by Gasteiger charge is 2.10. The van der Waals surface area contributed by atoms with Crippen molar-refractivity contribution in [1.29, 1.82) is 0 Å². The van der Waals surface area contributed by atoms with E-state index in [9.17, 15) is 4.79 Å². The number of anilines is 2. The van der Waals surface area contributed by atoms with Crippen LogP contribution >= 0.6 is 23.2 Å². The van der Waals surface area contributed by atoms with E-state index in [1.54, 1.807) is 24.3 Å². The van der Waals surface area contributed by atoms with E-state index in [4.69, 9.17) is 33.7 Å². The first kappa shape index (κ1) is 14.5. The summed E-state index contributed by atoms with van der Waals surface area (Å²) in [5.74, 6) is 0.243. The van der Waals surface area contributed by atoms with Crippen molar-refractivity contribution in [2.75, 3.05) is 18.2 Å². The second kappa shape index (κ2) is 6.03. The number of nitrogens with one attached hydrogen (secondary N) is 1. The van der Waals surface area contributed by atoms with Crippen LogP contribution in [-0.2, 0) is 0 Å². The number of halogens is 2. The van der Waals surface area contributed by atoms with Crippen molar-refractivity contribution in [1.82, 2.24) is 0 Å². The van der Waals surface area contributed by atoms with Gasteiger partial charge in [-0.25, -0.2) is 0 Å². The van der Waals surface area contributed by atoms with Crippen molar-refractivity contribution < 1.29 is 9.53 Å². The van der Waals surface area contributed by atoms with E-state index in [0.29, 0.717) is 32.7 Å². The van der Waals surface area contributed by atoms with Crippen LogP contribution in [-0.4, -0.2) is 13.0 Å². The van der Waals surface area contributed by atoms with Crippen LogP contribution < -0.4 is 15.8 Å². The minimum absolute atomic E-state index is 0.352. The molecular formula is C14H12Cl2N2O2. The monoisotopic (exact) mass is 310 g/mol. The molecule has 1 amide bonds. The van der Waals surface area contributed by atoms with Gasteiger partial charge in [0.05, 0.1) is 18.5 Å².